The average Bonchev–Trinajstić information content (AvgIpc) is 2.78. The van der Waals surface area contributed by atoms with E-state index in [0.717, 1.165) is 5.56 Å². The van der Waals surface area contributed by atoms with E-state index >= 15 is 0 Å². The lowest BCUT2D eigenvalue weighted by Crippen LogP contribution is -2.35. The lowest BCUT2D eigenvalue weighted by Gasteiger charge is -2.25. The minimum Gasteiger partial charge on any atom is -0.481 e. The molecule has 2 rings (SSSR count). The Labute approximate surface area is 117 Å². The molecule has 20 heavy (non-hydrogen) atoms. The van der Waals surface area contributed by atoms with Crippen LogP contribution in [-0.4, -0.2) is 35.0 Å². The van der Waals surface area contributed by atoms with Gasteiger partial charge >= 0.3 is 5.97 Å². The molecule has 1 saturated heterocycles. The molecular weight excluding hydrogens is 264 g/mol. The van der Waals surface area contributed by atoms with Crippen molar-refractivity contribution in [3.63, 3.8) is 0 Å². The van der Waals surface area contributed by atoms with Crippen LogP contribution >= 0.6 is 0 Å². The number of halogens is 2. The first-order chi connectivity index (χ1) is 9.54. The summed E-state index contributed by atoms with van der Waals surface area (Å²) in [4.78, 5) is 13.2. The number of carboxylic acids is 1. The van der Waals surface area contributed by atoms with Gasteiger partial charge in [0.05, 0.1) is 5.92 Å². The summed E-state index contributed by atoms with van der Waals surface area (Å²) >= 11 is 0. The number of hydrogen-bond acceptors (Lipinski definition) is 2. The predicted octanol–water partition coefficient (Wildman–Crippen LogP) is 2.86. The van der Waals surface area contributed by atoms with Crippen molar-refractivity contribution in [2.45, 2.75) is 32.4 Å². The Morgan fingerprint density at radius 3 is 2.55 bits per heavy atom. The summed E-state index contributed by atoms with van der Waals surface area (Å²) in [5, 5.41) is 9.26. The third-order valence-corrected chi connectivity index (χ3v) is 4.05. The zero-order valence-electron chi connectivity index (χ0n) is 11.4. The van der Waals surface area contributed by atoms with Crippen molar-refractivity contribution in [3.05, 3.63) is 35.9 Å². The number of carbonyl (C=O) groups is 1. The molecule has 3 unspecified atom stereocenters. The van der Waals surface area contributed by atoms with Crippen molar-refractivity contribution in [1.82, 2.24) is 4.90 Å². The van der Waals surface area contributed by atoms with Crippen molar-refractivity contribution in [3.8, 4) is 0 Å². The summed E-state index contributed by atoms with van der Waals surface area (Å²) in [5.74, 6) is -3.18. The summed E-state index contributed by atoms with van der Waals surface area (Å²) in [6, 6.07) is 9.21. The molecule has 1 heterocycles. The molecule has 0 amide bonds. The van der Waals surface area contributed by atoms with Gasteiger partial charge in [-0.05, 0) is 12.0 Å². The highest BCUT2D eigenvalue weighted by molar-refractivity contribution is 5.72. The Kier molecular flexibility index (Phi) is 4.70. The molecule has 0 radical (unpaired) electrons. The number of hydrogen-bond donors (Lipinski definition) is 1. The van der Waals surface area contributed by atoms with Gasteiger partial charge < -0.3 is 5.11 Å². The second kappa shape index (κ2) is 6.31. The Morgan fingerprint density at radius 1 is 1.40 bits per heavy atom. The summed E-state index contributed by atoms with van der Waals surface area (Å²) in [6.45, 7) is 2.51. The largest absolute Gasteiger partial charge is 0.481 e. The third-order valence-electron chi connectivity index (χ3n) is 4.05. The quantitative estimate of drug-likeness (QED) is 0.903. The molecule has 5 heteroatoms. The van der Waals surface area contributed by atoms with Crippen LogP contribution in [0, 0.1) is 11.8 Å². The SMILES string of the molecule is CCC1C(C(=O)O)C(C(F)F)CN1Cc1ccccc1. The van der Waals surface area contributed by atoms with Gasteiger partial charge in [0, 0.05) is 25.0 Å². The van der Waals surface area contributed by atoms with Gasteiger partial charge in [-0.15, -0.1) is 0 Å². The number of nitrogens with zero attached hydrogens (tertiary/aromatic N) is 1. The Morgan fingerprint density at radius 2 is 2.05 bits per heavy atom. The number of aliphatic carboxylic acids is 1. The van der Waals surface area contributed by atoms with Gasteiger partial charge in [-0.1, -0.05) is 37.3 Å². The first-order valence-electron chi connectivity index (χ1n) is 6.83. The highest BCUT2D eigenvalue weighted by Crippen LogP contribution is 2.36. The molecule has 1 aliphatic heterocycles. The maximum atomic E-state index is 13.1. The Bertz CT molecular complexity index is 452. The Hall–Kier alpha value is -1.49. The fraction of sp³-hybridized carbons (Fsp3) is 0.533. The molecule has 0 bridgehead atoms. The van der Waals surface area contributed by atoms with Gasteiger partial charge in [0.1, 0.15) is 0 Å². The zero-order valence-corrected chi connectivity index (χ0v) is 11.4. The van der Waals surface area contributed by atoms with Crippen LogP contribution in [0.4, 0.5) is 8.78 Å². The van der Waals surface area contributed by atoms with Crippen LogP contribution in [0.3, 0.4) is 0 Å². The van der Waals surface area contributed by atoms with E-state index in [0.29, 0.717) is 13.0 Å². The minimum atomic E-state index is -2.59. The standard InChI is InChI=1S/C15H19F2NO2/c1-2-12-13(15(19)20)11(14(16)17)9-18(12)8-10-6-4-3-5-7-10/h3-7,11-14H,2,8-9H2,1H3,(H,19,20). The molecule has 110 valence electrons. The van der Waals surface area contributed by atoms with E-state index in [2.05, 4.69) is 0 Å². The lowest BCUT2D eigenvalue weighted by atomic mass is 9.89. The minimum absolute atomic E-state index is 0.141. The van der Waals surface area contributed by atoms with E-state index in [-0.39, 0.29) is 12.6 Å². The number of rotatable bonds is 5. The molecule has 0 saturated carbocycles. The summed E-state index contributed by atoms with van der Waals surface area (Å²) in [6.07, 6.45) is -2.03. The Balaban J connectivity index is 2.19. The highest BCUT2D eigenvalue weighted by Gasteiger charge is 2.48. The fourth-order valence-corrected chi connectivity index (χ4v) is 3.13. The van der Waals surface area contributed by atoms with Crippen LogP contribution in [0.15, 0.2) is 30.3 Å². The first kappa shape index (κ1) is 14.9. The zero-order chi connectivity index (χ0) is 14.7. The van der Waals surface area contributed by atoms with Crippen LogP contribution in [0.5, 0.6) is 0 Å². The fourth-order valence-electron chi connectivity index (χ4n) is 3.13. The maximum Gasteiger partial charge on any atom is 0.308 e. The monoisotopic (exact) mass is 283 g/mol. The molecule has 1 aromatic carbocycles. The molecule has 0 aromatic heterocycles. The second-order valence-electron chi connectivity index (χ2n) is 5.25. The highest BCUT2D eigenvalue weighted by atomic mass is 19.3. The van der Waals surface area contributed by atoms with Gasteiger partial charge in [-0.25, -0.2) is 8.78 Å². The first-order valence-corrected chi connectivity index (χ1v) is 6.83. The van der Waals surface area contributed by atoms with Crippen LogP contribution in [-0.2, 0) is 11.3 Å². The topological polar surface area (TPSA) is 40.5 Å². The normalized spacial score (nSPS) is 27.1. The number of carboxylic acid groups (broad SMARTS) is 1. The van der Waals surface area contributed by atoms with Crippen LogP contribution in [0.1, 0.15) is 18.9 Å². The second-order valence-corrected chi connectivity index (χ2v) is 5.25. The van der Waals surface area contributed by atoms with E-state index in [1.54, 1.807) is 0 Å². The van der Waals surface area contributed by atoms with Gasteiger partial charge in [-0.2, -0.15) is 0 Å². The van der Waals surface area contributed by atoms with Crippen molar-refractivity contribution in [2.24, 2.45) is 11.8 Å². The van der Waals surface area contributed by atoms with E-state index < -0.39 is 24.2 Å². The molecule has 3 nitrogen and oxygen atoms in total. The van der Waals surface area contributed by atoms with Gasteiger partial charge in [-0.3, -0.25) is 9.69 Å². The van der Waals surface area contributed by atoms with E-state index in [1.807, 2.05) is 42.2 Å². The van der Waals surface area contributed by atoms with Gasteiger partial charge in [0.15, 0.2) is 0 Å². The van der Waals surface area contributed by atoms with Gasteiger partial charge in [0.25, 0.3) is 0 Å². The number of likely N-dealkylation sites (tertiary alicyclic amines) is 1. The molecule has 1 N–H and O–H groups in total. The molecule has 0 aliphatic carbocycles. The number of benzene rings is 1. The summed E-state index contributed by atoms with van der Waals surface area (Å²) in [7, 11) is 0. The summed E-state index contributed by atoms with van der Waals surface area (Å²) in [5.41, 5.74) is 1.02. The smallest absolute Gasteiger partial charge is 0.308 e. The van der Waals surface area contributed by atoms with E-state index in [4.69, 9.17) is 0 Å². The molecule has 1 aliphatic rings. The van der Waals surface area contributed by atoms with Crippen molar-refractivity contribution in [1.29, 1.82) is 0 Å². The van der Waals surface area contributed by atoms with E-state index in [9.17, 15) is 18.7 Å². The molecule has 1 aromatic rings. The molecular formula is C15H19F2NO2. The molecule has 1 fully saturated rings. The molecule has 0 spiro atoms. The average molecular weight is 283 g/mol. The van der Waals surface area contributed by atoms with E-state index in [1.165, 1.54) is 0 Å². The van der Waals surface area contributed by atoms with Crippen LogP contribution in [0.2, 0.25) is 0 Å². The van der Waals surface area contributed by atoms with Crippen molar-refractivity contribution >= 4 is 5.97 Å². The van der Waals surface area contributed by atoms with Crippen LogP contribution < -0.4 is 0 Å². The van der Waals surface area contributed by atoms with Crippen molar-refractivity contribution < 1.29 is 18.7 Å². The maximum absolute atomic E-state index is 13.1. The third kappa shape index (κ3) is 2.98. The van der Waals surface area contributed by atoms with Gasteiger partial charge in [0.2, 0.25) is 6.43 Å². The van der Waals surface area contributed by atoms with Crippen molar-refractivity contribution in [2.75, 3.05) is 6.54 Å². The summed E-state index contributed by atoms with van der Waals surface area (Å²) < 4.78 is 26.2. The number of alkyl halides is 2. The van der Waals surface area contributed by atoms with Crippen LogP contribution in [0.25, 0.3) is 0 Å². The predicted molar refractivity (Wildman–Crippen MR) is 71.6 cm³/mol. The lowest BCUT2D eigenvalue weighted by molar-refractivity contribution is -0.145. The molecule has 3 atom stereocenters.